The van der Waals surface area contributed by atoms with Crippen molar-refractivity contribution in [1.29, 1.82) is 0 Å². The van der Waals surface area contributed by atoms with Gasteiger partial charge in [-0.2, -0.15) is 0 Å². The topological polar surface area (TPSA) is 69.7 Å². The summed E-state index contributed by atoms with van der Waals surface area (Å²) in [6.07, 6.45) is 0.605. The van der Waals surface area contributed by atoms with Crippen LogP contribution in [0.1, 0.15) is 36.2 Å². The molecule has 1 atom stereocenters. The number of hydrogen-bond acceptors (Lipinski definition) is 3. The normalized spacial score (nSPS) is 23.6. The van der Waals surface area contributed by atoms with Gasteiger partial charge in [-0.3, -0.25) is 19.8 Å². The van der Waals surface area contributed by atoms with Crippen LogP contribution in [0.5, 0.6) is 0 Å². The van der Waals surface area contributed by atoms with Crippen molar-refractivity contribution in [1.82, 2.24) is 15.3 Å². The summed E-state index contributed by atoms with van der Waals surface area (Å²) in [5, 5.41) is 1.36. The van der Waals surface area contributed by atoms with Crippen LogP contribution >= 0.6 is 0 Å². The van der Waals surface area contributed by atoms with Crippen LogP contribution in [0.2, 0.25) is 0 Å². The zero-order valence-corrected chi connectivity index (χ0v) is 12.8. The molecule has 0 aliphatic carbocycles. The Kier molecular flexibility index (Phi) is 3.39. The maximum atomic E-state index is 12.5. The van der Waals surface area contributed by atoms with Gasteiger partial charge in [0.25, 0.3) is 5.91 Å². The second kappa shape index (κ2) is 5.12. The first-order valence-corrected chi connectivity index (χ1v) is 7.37. The van der Waals surface area contributed by atoms with E-state index < -0.39 is 5.41 Å². The van der Waals surface area contributed by atoms with Crippen molar-refractivity contribution in [2.45, 2.75) is 26.8 Å². The molecule has 1 unspecified atom stereocenters. The molecule has 1 N–H and O–H groups in total. The van der Waals surface area contributed by atoms with Crippen molar-refractivity contribution >= 4 is 17.7 Å². The van der Waals surface area contributed by atoms with E-state index >= 15 is 0 Å². The summed E-state index contributed by atoms with van der Waals surface area (Å²) < 4.78 is 0. The van der Waals surface area contributed by atoms with E-state index in [9.17, 15) is 14.4 Å². The molecule has 2 aliphatic heterocycles. The number of rotatable bonds is 2. The van der Waals surface area contributed by atoms with E-state index in [1.165, 1.54) is 11.9 Å². The SMILES string of the molecule is CC(=O)N1CCC(C)(C(=O)NN2Cc3ccccc3C2=O)C1. The minimum absolute atomic E-state index is 0.0267. The largest absolute Gasteiger partial charge is 0.342 e. The van der Waals surface area contributed by atoms with Gasteiger partial charge >= 0.3 is 0 Å². The second-order valence-corrected chi connectivity index (χ2v) is 6.24. The summed E-state index contributed by atoms with van der Waals surface area (Å²) in [5.41, 5.74) is 3.61. The molecule has 3 rings (SSSR count). The molecule has 2 aliphatic rings. The number of amides is 3. The zero-order valence-electron chi connectivity index (χ0n) is 12.8. The van der Waals surface area contributed by atoms with E-state index in [1.807, 2.05) is 25.1 Å². The summed E-state index contributed by atoms with van der Waals surface area (Å²) in [4.78, 5) is 37.9. The standard InChI is InChI=1S/C16H19N3O3/c1-11(20)18-8-7-16(2,10-18)15(22)17-19-9-12-5-3-4-6-13(12)14(19)21/h3-6H,7-10H2,1-2H3,(H,17,22). The number of fused-ring (bicyclic) bond motifs is 1. The maximum Gasteiger partial charge on any atom is 0.272 e. The lowest BCUT2D eigenvalue weighted by Gasteiger charge is -2.26. The molecule has 1 aromatic rings. The van der Waals surface area contributed by atoms with Crippen LogP contribution in [0.25, 0.3) is 0 Å². The highest BCUT2D eigenvalue weighted by molar-refractivity contribution is 5.99. The Morgan fingerprint density at radius 2 is 2.00 bits per heavy atom. The molecule has 6 nitrogen and oxygen atoms in total. The molecule has 1 saturated heterocycles. The predicted octanol–water partition coefficient (Wildman–Crippen LogP) is 0.932. The highest BCUT2D eigenvalue weighted by Gasteiger charge is 2.43. The van der Waals surface area contributed by atoms with Crippen LogP contribution in [0.3, 0.4) is 0 Å². The summed E-state index contributed by atoms with van der Waals surface area (Å²) in [6, 6.07) is 7.33. The summed E-state index contributed by atoms with van der Waals surface area (Å²) >= 11 is 0. The Bertz CT molecular complexity index is 658. The van der Waals surface area contributed by atoms with Crippen LogP contribution < -0.4 is 5.43 Å². The fourth-order valence-electron chi connectivity index (χ4n) is 3.02. The van der Waals surface area contributed by atoms with Gasteiger partial charge in [-0.05, 0) is 25.0 Å². The molecule has 0 spiro atoms. The Balaban J connectivity index is 1.69. The number of hydrogen-bond donors (Lipinski definition) is 1. The molecule has 0 aromatic heterocycles. The van der Waals surface area contributed by atoms with Crippen LogP contribution in [-0.2, 0) is 16.1 Å². The third-order valence-corrected chi connectivity index (χ3v) is 4.52. The molecule has 1 aromatic carbocycles. The van der Waals surface area contributed by atoms with Gasteiger partial charge in [0.1, 0.15) is 0 Å². The van der Waals surface area contributed by atoms with Gasteiger partial charge in [-0.25, -0.2) is 5.01 Å². The number of likely N-dealkylation sites (tertiary alicyclic amines) is 1. The smallest absolute Gasteiger partial charge is 0.272 e. The van der Waals surface area contributed by atoms with E-state index in [-0.39, 0.29) is 17.7 Å². The molecule has 22 heavy (non-hydrogen) atoms. The van der Waals surface area contributed by atoms with E-state index in [2.05, 4.69) is 5.43 Å². The first-order chi connectivity index (χ1) is 10.4. The lowest BCUT2D eigenvalue weighted by Crippen LogP contribution is -2.49. The highest BCUT2D eigenvalue weighted by Crippen LogP contribution is 2.31. The molecule has 2 heterocycles. The number of carbonyl (C=O) groups is 3. The van der Waals surface area contributed by atoms with Crippen LogP contribution in [0, 0.1) is 5.41 Å². The maximum absolute atomic E-state index is 12.5. The molecular formula is C16H19N3O3. The Morgan fingerprint density at radius 3 is 2.64 bits per heavy atom. The van der Waals surface area contributed by atoms with Crippen molar-refractivity contribution in [3.8, 4) is 0 Å². The predicted molar refractivity (Wildman–Crippen MR) is 79.4 cm³/mol. The quantitative estimate of drug-likeness (QED) is 0.883. The van der Waals surface area contributed by atoms with Crippen molar-refractivity contribution in [3.63, 3.8) is 0 Å². The van der Waals surface area contributed by atoms with Gasteiger partial charge in [-0.15, -0.1) is 0 Å². The van der Waals surface area contributed by atoms with Gasteiger partial charge in [0, 0.05) is 25.6 Å². The van der Waals surface area contributed by atoms with Crippen LogP contribution in [0.15, 0.2) is 24.3 Å². The molecule has 0 bridgehead atoms. The van der Waals surface area contributed by atoms with Crippen molar-refractivity contribution in [3.05, 3.63) is 35.4 Å². The summed E-state index contributed by atoms with van der Waals surface area (Å²) in [5.74, 6) is -0.424. The van der Waals surface area contributed by atoms with Crippen molar-refractivity contribution in [2.75, 3.05) is 13.1 Å². The zero-order chi connectivity index (χ0) is 15.9. The second-order valence-electron chi connectivity index (χ2n) is 6.24. The van der Waals surface area contributed by atoms with Crippen molar-refractivity contribution < 1.29 is 14.4 Å². The van der Waals surface area contributed by atoms with Gasteiger partial charge < -0.3 is 4.90 Å². The molecule has 116 valence electrons. The van der Waals surface area contributed by atoms with Gasteiger partial charge in [0.05, 0.1) is 12.0 Å². The first kappa shape index (κ1) is 14.6. The Morgan fingerprint density at radius 1 is 1.27 bits per heavy atom. The number of nitrogens with one attached hydrogen (secondary N) is 1. The van der Waals surface area contributed by atoms with E-state index in [0.29, 0.717) is 31.6 Å². The molecule has 1 fully saturated rings. The summed E-state index contributed by atoms with van der Waals surface area (Å²) in [7, 11) is 0. The third-order valence-electron chi connectivity index (χ3n) is 4.52. The van der Waals surface area contributed by atoms with Crippen molar-refractivity contribution in [2.24, 2.45) is 5.41 Å². The number of hydrazine groups is 1. The average molecular weight is 301 g/mol. The minimum Gasteiger partial charge on any atom is -0.342 e. The number of benzene rings is 1. The monoisotopic (exact) mass is 301 g/mol. The lowest BCUT2D eigenvalue weighted by molar-refractivity contribution is -0.134. The Hall–Kier alpha value is -2.37. The van der Waals surface area contributed by atoms with Crippen LogP contribution in [0.4, 0.5) is 0 Å². The van der Waals surface area contributed by atoms with E-state index in [4.69, 9.17) is 0 Å². The Labute approximate surface area is 129 Å². The first-order valence-electron chi connectivity index (χ1n) is 7.37. The number of nitrogens with zero attached hydrogens (tertiary/aromatic N) is 2. The molecule has 0 radical (unpaired) electrons. The molecule has 3 amide bonds. The minimum atomic E-state index is -0.652. The third kappa shape index (κ3) is 2.34. The molecule has 6 heteroatoms. The molecule has 0 saturated carbocycles. The van der Waals surface area contributed by atoms with Gasteiger partial charge in [0.2, 0.25) is 11.8 Å². The molecular weight excluding hydrogens is 282 g/mol. The average Bonchev–Trinajstić information content (AvgIpc) is 3.03. The van der Waals surface area contributed by atoms with Gasteiger partial charge in [0.15, 0.2) is 0 Å². The fourth-order valence-corrected chi connectivity index (χ4v) is 3.02. The van der Waals surface area contributed by atoms with E-state index in [0.717, 1.165) is 5.56 Å². The summed E-state index contributed by atoms with van der Waals surface area (Å²) in [6.45, 7) is 4.69. The fraction of sp³-hybridized carbons (Fsp3) is 0.438. The lowest BCUT2D eigenvalue weighted by atomic mass is 9.89. The number of carbonyl (C=O) groups excluding carboxylic acids is 3. The van der Waals surface area contributed by atoms with Gasteiger partial charge in [-0.1, -0.05) is 18.2 Å². The van der Waals surface area contributed by atoms with E-state index in [1.54, 1.807) is 11.0 Å². The van der Waals surface area contributed by atoms with Crippen LogP contribution in [-0.4, -0.2) is 40.7 Å². The highest BCUT2D eigenvalue weighted by atomic mass is 16.2.